The number of rotatable bonds is 6. The highest BCUT2D eigenvalue weighted by molar-refractivity contribution is 6.23. The maximum Gasteiger partial charge on any atom is 0.290 e. The summed E-state index contributed by atoms with van der Waals surface area (Å²) in [7, 11) is 0. The molecule has 1 unspecified atom stereocenters. The van der Waals surface area contributed by atoms with E-state index in [9.17, 15) is 14.4 Å². The molecular weight excluding hydrogens is 394 g/mol. The highest BCUT2D eigenvalue weighted by Crippen LogP contribution is 2.29. The van der Waals surface area contributed by atoms with Gasteiger partial charge in [-0.25, -0.2) is 4.90 Å². The first-order valence-electron chi connectivity index (χ1n) is 10.2. The Bertz CT molecular complexity index is 1080. The second kappa shape index (κ2) is 8.55. The van der Waals surface area contributed by atoms with E-state index in [1.165, 1.54) is 16.1 Å². The van der Waals surface area contributed by atoms with Gasteiger partial charge in [0.15, 0.2) is 5.76 Å². The number of furan rings is 1. The minimum atomic E-state index is -0.921. The zero-order valence-electron chi connectivity index (χ0n) is 17.4. The minimum absolute atomic E-state index is 0.0858. The fourth-order valence-corrected chi connectivity index (χ4v) is 3.69. The highest BCUT2D eigenvalue weighted by atomic mass is 16.3. The summed E-state index contributed by atoms with van der Waals surface area (Å²) in [4.78, 5) is 45.9. The molecule has 31 heavy (non-hydrogen) atoms. The number of nitrogens with zero attached hydrogens (tertiary/aromatic N) is 3. The van der Waals surface area contributed by atoms with Gasteiger partial charge in [0.2, 0.25) is 5.91 Å². The van der Waals surface area contributed by atoms with Crippen molar-refractivity contribution >= 4 is 23.4 Å². The molecule has 0 bridgehead atoms. The summed E-state index contributed by atoms with van der Waals surface area (Å²) in [5, 5.41) is 0. The summed E-state index contributed by atoms with van der Waals surface area (Å²) >= 11 is 0. The summed E-state index contributed by atoms with van der Waals surface area (Å²) in [6.07, 6.45) is 4.58. The maximum absolute atomic E-state index is 13.3. The molecule has 7 heteroatoms. The molecule has 0 aliphatic carbocycles. The molecule has 1 atom stereocenters. The minimum Gasteiger partial charge on any atom is -0.459 e. The number of anilines is 1. The molecule has 3 amide bonds. The van der Waals surface area contributed by atoms with Crippen molar-refractivity contribution in [3.05, 3.63) is 84.1 Å². The van der Waals surface area contributed by atoms with E-state index in [1.54, 1.807) is 42.7 Å². The van der Waals surface area contributed by atoms with Gasteiger partial charge in [0, 0.05) is 18.9 Å². The van der Waals surface area contributed by atoms with Crippen LogP contribution in [0.25, 0.3) is 0 Å². The Morgan fingerprint density at radius 1 is 1.16 bits per heavy atom. The van der Waals surface area contributed by atoms with E-state index in [0.29, 0.717) is 11.6 Å². The molecule has 1 fully saturated rings. The van der Waals surface area contributed by atoms with Gasteiger partial charge in [-0.15, -0.1) is 0 Å². The highest BCUT2D eigenvalue weighted by Gasteiger charge is 2.45. The second-order valence-electron chi connectivity index (χ2n) is 7.81. The van der Waals surface area contributed by atoms with Crippen molar-refractivity contribution in [1.82, 2.24) is 9.88 Å². The van der Waals surface area contributed by atoms with Crippen LogP contribution in [0.5, 0.6) is 0 Å². The third kappa shape index (κ3) is 4.12. The van der Waals surface area contributed by atoms with Crippen molar-refractivity contribution in [2.45, 2.75) is 38.8 Å². The van der Waals surface area contributed by atoms with Crippen LogP contribution in [0.15, 0.2) is 71.6 Å². The van der Waals surface area contributed by atoms with Gasteiger partial charge in [0.25, 0.3) is 11.8 Å². The number of hydrogen-bond acceptors (Lipinski definition) is 5. The Kier molecular flexibility index (Phi) is 5.66. The van der Waals surface area contributed by atoms with Gasteiger partial charge in [-0.05, 0) is 47.4 Å². The first-order valence-corrected chi connectivity index (χ1v) is 10.2. The molecule has 0 N–H and O–H groups in total. The van der Waals surface area contributed by atoms with Gasteiger partial charge in [-0.1, -0.05) is 32.0 Å². The molecule has 0 radical (unpaired) electrons. The van der Waals surface area contributed by atoms with Crippen molar-refractivity contribution < 1.29 is 18.8 Å². The predicted octanol–water partition coefficient (Wildman–Crippen LogP) is 3.77. The van der Waals surface area contributed by atoms with Crippen molar-refractivity contribution in [2.24, 2.45) is 0 Å². The molecule has 4 rings (SSSR count). The topological polar surface area (TPSA) is 83.7 Å². The lowest BCUT2D eigenvalue weighted by molar-refractivity contribution is -0.122. The van der Waals surface area contributed by atoms with Crippen molar-refractivity contribution in [1.29, 1.82) is 0 Å². The Morgan fingerprint density at radius 2 is 1.94 bits per heavy atom. The third-order valence-electron chi connectivity index (χ3n) is 5.39. The largest absolute Gasteiger partial charge is 0.459 e. The zero-order chi connectivity index (χ0) is 22.0. The lowest BCUT2D eigenvalue weighted by atomic mass is 10.0. The van der Waals surface area contributed by atoms with Crippen LogP contribution >= 0.6 is 0 Å². The van der Waals surface area contributed by atoms with E-state index in [1.807, 2.05) is 18.2 Å². The zero-order valence-corrected chi connectivity index (χ0v) is 17.4. The second-order valence-corrected chi connectivity index (χ2v) is 7.81. The number of aromatic nitrogens is 1. The monoisotopic (exact) mass is 417 g/mol. The van der Waals surface area contributed by atoms with E-state index in [4.69, 9.17) is 4.42 Å². The normalized spacial score (nSPS) is 16.2. The average Bonchev–Trinajstić information content (AvgIpc) is 3.41. The molecule has 1 aromatic carbocycles. The Balaban J connectivity index is 1.64. The number of hydrogen-bond donors (Lipinski definition) is 0. The summed E-state index contributed by atoms with van der Waals surface area (Å²) in [5.74, 6) is -0.754. The standard InChI is InChI=1S/C24H23N3O4/c1-16(2)18-7-9-19(10-8-18)27-22(28)13-20(23(27)29)26(15-17-5-3-11-25-14-17)24(30)21-6-4-12-31-21/h3-12,14,16,20H,13,15H2,1-2H3. The molecule has 3 heterocycles. The SMILES string of the molecule is CC(C)c1ccc(N2C(=O)CC(N(Cc3cccnc3)C(=O)c3ccco3)C2=O)cc1. The third-order valence-corrected chi connectivity index (χ3v) is 5.39. The first kappa shape index (κ1) is 20.5. The summed E-state index contributed by atoms with van der Waals surface area (Å²) in [6, 6.07) is 13.2. The number of pyridine rings is 1. The van der Waals surface area contributed by atoms with Crippen LogP contribution in [0.3, 0.4) is 0 Å². The number of benzene rings is 1. The van der Waals surface area contributed by atoms with Gasteiger partial charge in [0.1, 0.15) is 6.04 Å². The lowest BCUT2D eigenvalue weighted by Gasteiger charge is -2.27. The fraction of sp³-hybridized carbons (Fsp3) is 0.250. The lowest BCUT2D eigenvalue weighted by Crippen LogP contribution is -2.45. The Hall–Kier alpha value is -3.74. The molecular formula is C24H23N3O4. The van der Waals surface area contributed by atoms with Gasteiger partial charge in [-0.3, -0.25) is 19.4 Å². The van der Waals surface area contributed by atoms with Crippen LogP contribution in [0.1, 0.15) is 47.9 Å². The number of carbonyl (C=O) groups excluding carboxylic acids is 3. The van der Waals surface area contributed by atoms with Crippen LogP contribution < -0.4 is 4.90 Å². The van der Waals surface area contributed by atoms with Gasteiger partial charge < -0.3 is 9.32 Å². The molecule has 1 aliphatic heterocycles. The summed E-state index contributed by atoms with van der Waals surface area (Å²) < 4.78 is 5.27. The molecule has 158 valence electrons. The van der Waals surface area contributed by atoms with E-state index < -0.39 is 17.9 Å². The van der Waals surface area contributed by atoms with Crippen molar-refractivity contribution in [3.8, 4) is 0 Å². The van der Waals surface area contributed by atoms with Crippen LogP contribution in [0.4, 0.5) is 5.69 Å². The average molecular weight is 417 g/mol. The van der Waals surface area contributed by atoms with E-state index in [2.05, 4.69) is 18.8 Å². The quantitative estimate of drug-likeness (QED) is 0.570. The molecule has 2 aromatic heterocycles. The summed E-state index contributed by atoms with van der Waals surface area (Å²) in [6.45, 7) is 4.29. The number of amides is 3. The van der Waals surface area contributed by atoms with Gasteiger partial charge in [0.05, 0.1) is 18.4 Å². The number of carbonyl (C=O) groups is 3. The summed E-state index contributed by atoms with van der Waals surface area (Å²) in [5.41, 5.74) is 2.38. The first-order chi connectivity index (χ1) is 15.0. The van der Waals surface area contributed by atoms with Crippen LogP contribution in [-0.2, 0) is 16.1 Å². The van der Waals surface area contributed by atoms with Crippen LogP contribution in [0, 0.1) is 0 Å². The maximum atomic E-state index is 13.3. The van der Waals surface area contributed by atoms with E-state index in [-0.39, 0.29) is 24.6 Å². The van der Waals surface area contributed by atoms with Crippen LogP contribution in [0.2, 0.25) is 0 Å². The Morgan fingerprint density at radius 3 is 2.55 bits per heavy atom. The van der Waals surface area contributed by atoms with Gasteiger partial charge in [-0.2, -0.15) is 0 Å². The molecule has 7 nitrogen and oxygen atoms in total. The fourth-order valence-electron chi connectivity index (χ4n) is 3.69. The van der Waals surface area contributed by atoms with Crippen LogP contribution in [-0.4, -0.2) is 33.6 Å². The van der Waals surface area contributed by atoms with E-state index >= 15 is 0 Å². The van der Waals surface area contributed by atoms with Gasteiger partial charge >= 0.3 is 0 Å². The Labute approximate surface area is 180 Å². The molecule has 0 saturated carbocycles. The number of imide groups is 1. The van der Waals surface area contributed by atoms with Crippen molar-refractivity contribution in [3.63, 3.8) is 0 Å². The molecule has 0 spiro atoms. The van der Waals surface area contributed by atoms with Crippen molar-refractivity contribution in [2.75, 3.05) is 4.90 Å². The predicted molar refractivity (Wildman–Crippen MR) is 114 cm³/mol. The smallest absolute Gasteiger partial charge is 0.290 e. The van der Waals surface area contributed by atoms with E-state index in [0.717, 1.165) is 11.1 Å². The molecule has 1 saturated heterocycles. The molecule has 3 aromatic rings. The molecule has 1 aliphatic rings.